The highest BCUT2D eigenvalue weighted by atomic mass is 16.3. The topological polar surface area (TPSA) is 20.2 Å². The van der Waals surface area contributed by atoms with E-state index in [1.54, 1.807) is 0 Å². The molecule has 1 N–H and O–H groups in total. The number of hydrogen-bond donors (Lipinski definition) is 1. The zero-order valence-corrected chi connectivity index (χ0v) is 11.9. The maximum absolute atomic E-state index is 10.6. The molecule has 0 spiro atoms. The number of hydrogen-bond acceptors (Lipinski definition) is 1. The highest BCUT2D eigenvalue weighted by Gasteiger charge is 2.25. The Morgan fingerprint density at radius 2 is 1.44 bits per heavy atom. The Kier molecular flexibility index (Phi) is 9.02. The Morgan fingerprint density at radius 3 is 1.81 bits per heavy atom. The fourth-order valence-corrected chi connectivity index (χ4v) is 2.11. The van der Waals surface area contributed by atoms with Gasteiger partial charge in [0.1, 0.15) is 0 Å². The van der Waals surface area contributed by atoms with Gasteiger partial charge in [0, 0.05) is 0 Å². The SMILES string of the molecule is CCCCC(O)(CCCC)CCC(C)CC. The summed E-state index contributed by atoms with van der Waals surface area (Å²) in [6.07, 6.45) is 10.1. The van der Waals surface area contributed by atoms with Gasteiger partial charge in [-0.15, -0.1) is 0 Å². The number of aliphatic hydroxyl groups is 1. The monoisotopic (exact) mass is 228 g/mol. The van der Waals surface area contributed by atoms with E-state index in [1.807, 2.05) is 0 Å². The van der Waals surface area contributed by atoms with Crippen LogP contribution in [-0.4, -0.2) is 10.7 Å². The molecule has 0 heterocycles. The van der Waals surface area contributed by atoms with Crippen LogP contribution in [0.4, 0.5) is 0 Å². The Labute approximate surface area is 103 Å². The van der Waals surface area contributed by atoms with Crippen LogP contribution in [0.15, 0.2) is 0 Å². The summed E-state index contributed by atoms with van der Waals surface area (Å²) in [7, 11) is 0. The Morgan fingerprint density at radius 1 is 0.938 bits per heavy atom. The third-order valence-electron chi connectivity index (χ3n) is 3.79. The molecule has 0 saturated heterocycles. The fourth-order valence-electron chi connectivity index (χ4n) is 2.11. The highest BCUT2D eigenvalue weighted by Crippen LogP contribution is 2.28. The van der Waals surface area contributed by atoms with Crippen molar-refractivity contribution < 1.29 is 5.11 Å². The molecule has 16 heavy (non-hydrogen) atoms. The predicted molar refractivity (Wildman–Crippen MR) is 72.7 cm³/mol. The van der Waals surface area contributed by atoms with Crippen LogP contribution in [-0.2, 0) is 0 Å². The Hall–Kier alpha value is -0.0400. The first-order valence-corrected chi connectivity index (χ1v) is 7.30. The number of unbranched alkanes of at least 4 members (excludes halogenated alkanes) is 2. The maximum Gasteiger partial charge on any atom is 0.0648 e. The molecule has 1 atom stereocenters. The summed E-state index contributed by atoms with van der Waals surface area (Å²) >= 11 is 0. The Balaban J connectivity index is 4.06. The third kappa shape index (κ3) is 7.27. The lowest BCUT2D eigenvalue weighted by atomic mass is 9.84. The molecule has 0 aromatic heterocycles. The first-order valence-electron chi connectivity index (χ1n) is 7.30. The normalized spacial score (nSPS) is 14.1. The smallest absolute Gasteiger partial charge is 0.0648 e. The third-order valence-corrected chi connectivity index (χ3v) is 3.79. The van der Waals surface area contributed by atoms with E-state index in [9.17, 15) is 5.11 Å². The molecule has 0 aliphatic carbocycles. The van der Waals surface area contributed by atoms with E-state index in [-0.39, 0.29) is 5.60 Å². The second-order valence-corrected chi connectivity index (χ2v) is 5.48. The molecule has 0 amide bonds. The van der Waals surface area contributed by atoms with Crippen LogP contribution in [0.5, 0.6) is 0 Å². The van der Waals surface area contributed by atoms with Crippen LogP contribution in [0.2, 0.25) is 0 Å². The fraction of sp³-hybridized carbons (Fsp3) is 1.00. The van der Waals surface area contributed by atoms with Gasteiger partial charge < -0.3 is 5.11 Å². The molecule has 0 aliphatic rings. The average molecular weight is 228 g/mol. The lowest BCUT2D eigenvalue weighted by Crippen LogP contribution is -2.29. The second-order valence-electron chi connectivity index (χ2n) is 5.48. The van der Waals surface area contributed by atoms with Crippen LogP contribution < -0.4 is 0 Å². The molecule has 0 saturated carbocycles. The summed E-state index contributed by atoms with van der Waals surface area (Å²) in [5, 5.41) is 10.6. The van der Waals surface area contributed by atoms with E-state index in [2.05, 4.69) is 27.7 Å². The highest BCUT2D eigenvalue weighted by molar-refractivity contribution is 4.78. The van der Waals surface area contributed by atoms with E-state index in [0.29, 0.717) is 0 Å². The van der Waals surface area contributed by atoms with Crippen molar-refractivity contribution in [3.8, 4) is 0 Å². The van der Waals surface area contributed by atoms with Crippen molar-refractivity contribution in [3.63, 3.8) is 0 Å². The van der Waals surface area contributed by atoms with E-state index in [1.165, 1.54) is 38.5 Å². The molecule has 0 bridgehead atoms. The van der Waals surface area contributed by atoms with Crippen molar-refractivity contribution in [2.45, 2.75) is 91.1 Å². The molecule has 0 aromatic carbocycles. The molecule has 0 fully saturated rings. The van der Waals surface area contributed by atoms with Gasteiger partial charge >= 0.3 is 0 Å². The van der Waals surface area contributed by atoms with Gasteiger partial charge in [0.2, 0.25) is 0 Å². The zero-order chi connectivity index (χ0) is 12.4. The summed E-state index contributed by atoms with van der Waals surface area (Å²) in [6.45, 7) is 8.94. The van der Waals surface area contributed by atoms with E-state index < -0.39 is 0 Å². The van der Waals surface area contributed by atoms with Crippen molar-refractivity contribution in [1.82, 2.24) is 0 Å². The molecule has 1 unspecified atom stereocenters. The largest absolute Gasteiger partial charge is 0.390 e. The van der Waals surface area contributed by atoms with Gasteiger partial charge in [0.15, 0.2) is 0 Å². The van der Waals surface area contributed by atoms with Crippen molar-refractivity contribution in [2.24, 2.45) is 5.92 Å². The summed E-state index contributed by atoms with van der Waals surface area (Å²) in [6, 6.07) is 0. The van der Waals surface area contributed by atoms with E-state index in [0.717, 1.165) is 25.2 Å². The molecule has 0 aromatic rings. The van der Waals surface area contributed by atoms with Crippen molar-refractivity contribution in [2.75, 3.05) is 0 Å². The molecule has 1 nitrogen and oxygen atoms in total. The standard InChI is InChI=1S/C15H32O/c1-5-8-11-15(16,12-9-6-2)13-10-14(4)7-3/h14,16H,5-13H2,1-4H3. The minimum absolute atomic E-state index is 0.366. The van der Waals surface area contributed by atoms with Gasteiger partial charge in [0.25, 0.3) is 0 Å². The molecular weight excluding hydrogens is 196 g/mol. The van der Waals surface area contributed by atoms with Crippen LogP contribution in [0.1, 0.15) is 85.5 Å². The Bertz CT molecular complexity index is 146. The second kappa shape index (κ2) is 9.04. The minimum atomic E-state index is -0.366. The molecular formula is C15H32O. The first kappa shape index (κ1) is 16.0. The van der Waals surface area contributed by atoms with E-state index >= 15 is 0 Å². The first-order chi connectivity index (χ1) is 7.58. The predicted octanol–water partition coefficient (Wildman–Crippen LogP) is 4.92. The van der Waals surface area contributed by atoms with Gasteiger partial charge in [0.05, 0.1) is 5.60 Å². The summed E-state index contributed by atoms with van der Waals surface area (Å²) in [5.41, 5.74) is -0.366. The van der Waals surface area contributed by atoms with Crippen LogP contribution in [0.3, 0.4) is 0 Å². The quantitative estimate of drug-likeness (QED) is 0.562. The molecule has 98 valence electrons. The lowest BCUT2D eigenvalue weighted by molar-refractivity contribution is 0.00501. The summed E-state index contributed by atoms with van der Waals surface area (Å²) in [5.74, 6) is 0.759. The van der Waals surface area contributed by atoms with Crippen molar-refractivity contribution in [3.05, 3.63) is 0 Å². The summed E-state index contributed by atoms with van der Waals surface area (Å²) < 4.78 is 0. The van der Waals surface area contributed by atoms with Gasteiger partial charge in [-0.1, -0.05) is 59.8 Å². The maximum atomic E-state index is 10.6. The van der Waals surface area contributed by atoms with Crippen LogP contribution in [0.25, 0.3) is 0 Å². The zero-order valence-electron chi connectivity index (χ0n) is 11.9. The van der Waals surface area contributed by atoms with Crippen LogP contribution >= 0.6 is 0 Å². The summed E-state index contributed by atoms with van der Waals surface area (Å²) in [4.78, 5) is 0. The van der Waals surface area contributed by atoms with Gasteiger partial charge in [-0.3, -0.25) is 0 Å². The van der Waals surface area contributed by atoms with Crippen LogP contribution in [0, 0.1) is 5.92 Å². The molecule has 0 rings (SSSR count). The minimum Gasteiger partial charge on any atom is -0.390 e. The van der Waals surface area contributed by atoms with E-state index in [4.69, 9.17) is 0 Å². The van der Waals surface area contributed by atoms with Crippen molar-refractivity contribution in [1.29, 1.82) is 0 Å². The van der Waals surface area contributed by atoms with Gasteiger partial charge in [-0.05, 0) is 31.6 Å². The van der Waals surface area contributed by atoms with Gasteiger partial charge in [-0.2, -0.15) is 0 Å². The van der Waals surface area contributed by atoms with Crippen molar-refractivity contribution >= 4 is 0 Å². The molecule has 1 heteroatoms. The molecule has 0 aliphatic heterocycles. The lowest BCUT2D eigenvalue weighted by Gasteiger charge is -2.29. The molecule has 0 radical (unpaired) electrons. The number of rotatable bonds is 10. The average Bonchev–Trinajstić information content (AvgIpc) is 2.31. The van der Waals surface area contributed by atoms with Gasteiger partial charge in [-0.25, -0.2) is 0 Å².